The van der Waals surface area contributed by atoms with E-state index in [0.717, 1.165) is 19.3 Å². The molecular formula is C17H36O5. The first-order valence-corrected chi connectivity index (χ1v) is 8.46. The molecule has 0 aliphatic carbocycles. The third kappa shape index (κ3) is 11.4. The monoisotopic (exact) mass is 320 g/mol. The fraction of sp³-hybridized carbons (Fsp3) is 1.00. The van der Waals surface area contributed by atoms with Crippen LogP contribution in [0, 0.1) is 0 Å². The number of ether oxygens (including phenoxy) is 4. The number of hydrogen-bond donors (Lipinski definition) is 1. The Labute approximate surface area is 136 Å². The number of rotatable bonds is 14. The number of hydrogen-bond acceptors (Lipinski definition) is 5. The molecule has 0 aromatic rings. The van der Waals surface area contributed by atoms with Crippen molar-refractivity contribution >= 4 is 0 Å². The van der Waals surface area contributed by atoms with E-state index in [-0.39, 0.29) is 24.4 Å². The van der Waals surface area contributed by atoms with Crippen molar-refractivity contribution in [3.63, 3.8) is 0 Å². The smallest absolute Gasteiger partial charge is 0.0830 e. The number of unbranched alkanes of at least 4 members (excludes halogenated alkanes) is 1. The van der Waals surface area contributed by atoms with Crippen molar-refractivity contribution < 1.29 is 24.1 Å². The Balaban J connectivity index is 3.84. The Morgan fingerprint density at radius 3 is 1.91 bits per heavy atom. The second kappa shape index (κ2) is 13.3. The molecule has 5 nitrogen and oxygen atoms in total. The first-order valence-electron chi connectivity index (χ1n) is 8.46. The molecule has 22 heavy (non-hydrogen) atoms. The molecular weight excluding hydrogens is 284 g/mol. The van der Waals surface area contributed by atoms with E-state index in [1.807, 2.05) is 20.8 Å². The molecule has 134 valence electrons. The highest BCUT2D eigenvalue weighted by Gasteiger charge is 2.18. The van der Waals surface area contributed by atoms with E-state index in [0.29, 0.717) is 19.8 Å². The highest BCUT2D eigenvalue weighted by molar-refractivity contribution is 4.67. The van der Waals surface area contributed by atoms with E-state index in [2.05, 4.69) is 6.92 Å². The molecule has 0 rings (SSSR count). The van der Waals surface area contributed by atoms with E-state index in [1.165, 1.54) is 0 Å². The maximum atomic E-state index is 9.16. The zero-order valence-electron chi connectivity index (χ0n) is 15.2. The lowest BCUT2D eigenvalue weighted by atomic mass is 10.1. The molecule has 0 spiro atoms. The van der Waals surface area contributed by atoms with Gasteiger partial charge in [0.2, 0.25) is 0 Å². The minimum absolute atomic E-state index is 0.00345. The molecule has 0 heterocycles. The van der Waals surface area contributed by atoms with Crippen molar-refractivity contribution in [2.24, 2.45) is 0 Å². The quantitative estimate of drug-likeness (QED) is 0.533. The summed E-state index contributed by atoms with van der Waals surface area (Å²) in [6, 6.07) is 0. The molecule has 0 aliphatic rings. The predicted octanol–water partition coefficient (Wildman–Crippen LogP) is 2.79. The Bertz CT molecular complexity index is 247. The standard InChI is InChI=1S/C17H36O5/c1-7-8-9-17(19-6)16(5)22-12-15(4)21-11-14(3)20-10-13(2)18/h13-18H,7-12H2,1-6H3. The van der Waals surface area contributed by atoms with Gasteiger partial charge < -0.3 is 24.1 Å². The molecule has 0 amide bonds. The second-order valence-electron chi connectivity index (χ2n) is 6.09. The number of methoxy groups -OCH3 is 1. The summed E-state index contributed by atoms with van der Waals surface area (Å²) in [4.78, 5) is 0. The summed E-state index contributed by atoms with van der Waals surface area (Å²) in [6.45, 7) is 11.2. The summed E-state index contributed by atoms with van der Waals surface area (Å²) in [5, 5.41) is 9.16. The SMILES string of the molecule is CCCCC(OC)C(C)OCC(C)OCC(C)OCC(C)O. The minimum atomic E-state index is -0.446. The van der Waals surface area contributed by atoms with Crippen LogP contribution < -0.4 is 0 Å². The first-order chi connectivity index (χ1) is 10.4. The normalized spacial score (nSPS) is 18.7. The van der Waals surface area contributed by atoms with E-state index >= 15 is 0 Å². The lowest BCUT2D eigenvalue weighted by Gasteiger charge is -2.25. The van der Waals surface area contributed by atoms with Crippen LogP contribution >= 0.6 is 0 Å². The molecule has 0 saturated carbocycles. The fourth-order valence-electron chi connectivity index (χ4n) is 2.04. The van der Waals surface area contributed by atoms with Gasteiger partial charge in [-0.25, -0.2) is 0 Å². The van der Waals surface area contributed by atoms with Crippen LogP contribution in [0.3, 0.4) is 0 Å². The topological polar surface area (TPSA) is 57.2 Å². The van der Waals surface area contributed by atoms with Gasteiger partial charge >= 0.3 is 0 Å². The molecule has 5 heteroatoms. The number of aliphatic hydroxyl groups excluding tert-OH is 1. The fourth-order valence-corrected chi connectivity index (χ4v) is 2.04. The van der Waals surface area contributed by atoms with Crippen molar-refractivity contribution in [1.29, 1.82) is 0 Å². The molecule has 5 unspecified atom stereocenters. The van der Waals surface area contributed by atoms with Gasteiger partial charge in [0.25, 0.3) is 0 Å². The van der Waals surface area contributed by atoms with E-state index < -0.39 is 6.10 Å². The van der Waals surface area contributed by atoms with Gasteiger partial charge in [-0.15, -0.1) is 0 Å². The van der Waals surface area contributed by atoms with Crippen LogP contribution in [0.25, 0.3) is 0 Å². The lowest BCUT2D eigenvalue weighted by molar-refractivity contribution is -0.101. The van der Waals surface area contributed by atoms with Crippen molar-refractivity contribution in [3.8, 4) is 0 Å². The van der Waals surface area contributed by atoms with Crippen LogP contribution in [0.4, 0.5) is 0 Å². The van der Waals surface area contributed by atoms with Crippen molar-refractivity contribution in [3.05, 3.63) is 0 Å². The maximum Gasteiger partial charge on any atom is 0.0830 e. The zero-order chi connectivity index (χ0) is 17.0. The van der Waals surface area contributed by atoms with Gasteiger partial charge in [-0.05, 0) is 34.1 Å². The van der Waals surface area contributed by atoms with Crippen molar-refractivity contribution in [1.82, 2.24) is 0 Å². The van der Waals surface area contributed by atoms with Crippen LogP contribution in [0.15, 0.2) is 0 Å². The molecule has 0 radical (unpaired) electrons. The Hall–Kier alpha value is -0.200. The van der Waals surface area contributed by atoms with Crippen LogP contribution in [0.5, 0.6) is 0 Å². The van der Waals surface area contributed by atoms with E-state index in [9.17, 15) is 0 Å². The Morgan fingerprint density at radius 2 is 1.41 bits per heavy atom. The highest BCUT2D eigenvalue weighted by Crippen LogP contribution is 2.12. The molecule has 0 bridgehead atoms. The highest BCUT2D eigenvalue weighted by atomic mass is 16.6. The molecule has 0 aromatic heterocycles. The van der Waals surface area contributed by atoms with Crippen molar-refractivity contribution in [2.75, 3.05) is 26.9 Å². The second-order valence-corrected chi connectivity index (χ2v) is 6.09. The van der Waals surface area contributed by atoms with Gasteiger partial charge in [-0.3, -0.25) is 0 Å². The Morgan fingerprint density at radius 1 is 0.864 bits per heavy atom. The largest absolute Gasteiger partial charge is 0.391 e. The van der Waals surface area contributed by atoms with Crippen molar-refractivity contribution in [2.45, 2.75) is 84.4 Å². The summed E-state index contributed by atoms with van der Waals surface area (Å²) in [5.41, 5.74) is 0. The molecule has 0 aromatic carbocycles. The molecule has 0 saturated heterocycles. The maximum absolute atomic E-state index is 9.16. The van der Waals surface area contributed by atoms with Crippen LogP contribution in [0.2, 0.25) is 0 Å². The Kier molecular flexibility index (Phi) is 13.1. The van der Waals surface area contributed by atoms with E-state index in [4.69, 9.17) is 24.1 Å². The van der Waals surface area contributed by atoms with Gasteiger partial charge in [0.15, 0.2) is 0 Å². The van der Waals surface area contributed by atoms with Gasteiger partial charge in [0, 0.05) is 7.11 Å². The average molecular weight is 320 g/mol. The van der Waals surface area contributed by atoms with Crippen LogP contribution in [-0.2, 0) is 18.9 Å². The first kappa shape index (κ1) is 21.8. The summed E-state index contributed by atoms with van der Waals surface area (Å²) < 4.78 is 22.5. The minimum Gasteiger partial charge on any atom is -0.391 e. The van der Waals surface area contributed by atoms with Gasteiger partial charge in [-0.1, -0.05) is 19.8 Å². The molecule has 1 N–H and O–H groups in total. The molecule has 0 aliphatic heterocycles. The van der Waals surface area contributed by atoms with Gasteiger partial charge in [0.05, 0.1) is 50.3 Å². The summed E-state index contributed by atoms with van der Waals surface area (Å²) in [7, 11) is 1.74. The van der Waals surface area contributed by atoms with Crippen LogP contribution in [0.1, 0.15) is 53.9 Å². The molecule has 0 fully saturated rings. The summed E-state index contributed by atoms with van der Waals surface area (Å²) >= 11 is 0. The van der Waals surface area contributed by atoms with Gasteiger partial charge in [-0.2, -0.15) is 0 Å². The summed E-state index contributed by atoms with van der Waals surface area (Å²) in [5.74, 6) is 0. The third-order valence-corrected chi connectivity index (χ3v) is 3.50. The van der Waals surface area contributed by atoms with Gasteiger partial charge in [0.1, 0.15) is 0 Å². The number of aliphatic hydroxyl groups is 1. The average Bonchev–Trinajstić information content (AvgIpc) is 2.49. The van der Waals surface area contributed by atoms with E-state index in [1.54, 1.807) is 14.0 Å². The summed E-state index contributed by atoms with van der Waals surface area (Å²) in [6.07, 6.45) is 3.06. The third-order valence-electron chi connectivity index (χ3n) is 3.50. The predicted molar refractivity (Wildman–Crippen MR) is 88.2 cm³/mol. The molecule has 5 atom stereocenters. The van der Waals surface area contributed by atoms with Crippen LogP contribution in [-0.4, -0.2) is 62.6 Å². The lowest BCUT2D eigenvalue weighted by Crippen LogP contribution is -2.32. The zero-order valence-corrected chi connectivity index (χ0v) is 15.2.